The lowest BCUT2D eigenvalue weighted by molar-refractivity contribution is -0.672. The Labute approximate surface area is 262 Å². The number of aliphatic carboxylic acids is 1. The van der Waals surface area contributed by atoms with Gasteiger partial charge in [0, 0.05) is 33.2 Å². The SMILES string of the molecule is CCN1/C(=C/c2sc3ccc(Cl)cc3[n+]2CNC(=O)CN(c2ccc(OC)cc2)C(C)C(=O)O)Sc2ccc(Cl)cc21. The summed E-state index contributed by atoms with van der Waals surface area (Å²) in [5, 5.41) is 16.0. The zero-order chi connectivity index (χ0) is 30.0. The Morgan fingerprint density at radius 2 is 1.83 bits per heavy atom. The molecule has 0 spiro atoms. The molecule has 42 heavy (non-hydrogen) atoms. The number of nitrogens with zero attached hydrogens (tertiary/aromatic N) is 3. The van der Waals surface area contributed by atoms with Crippen molar-refractivity contribution in [2.75, 3.05) is 30.0 Å². The van der Waals surface area contributed by atoms with Gasteiger partial charge in [0.15, 0.2) is 0 Å². The first-order valence-corrected chi connectivity index (χ1v) is 15.6. The van der Waals surface area contributed by atoms with Gasteiger partial charge in [-0.2, -0.15) is 4.57 Å². The summed E-state index contributed by atoms with van der Waals surface area (Å²) in [6.07, 6.45) is 2.11. The van der Waals surface area contributed by atoms with Gasteiger partial charge in [0.25, 0.3) is 5.01 Å². The molecule has 2 heterocycles. The molecule has 0 saturated heterocycles. The molecule has 0 aliphatic carbocycles. The number of halogens is 2. The van der Waals surface area contributed by atoms with Gasteiger partial charge in [0.2, 0.25) is 18.1 Å². The average molecular weight is 645 g/mol. The number of fused-ring (bicyclic) bond motifs is 2. The predicted octanol–water partition coefficient (Wildman–Crippen LogP) is 6.49. The molecule has 3 aromatic carbocycles. The Morgan fingerprint density at radius 3 is 2.52 bits per heavy atom. The number of benzene rings is 3. The highest BCUT2D eigenvalue weighted by Gasteiger charge is 2.29. The van der Waals surface area contributed by atoms with Gasteiger partial charge >= 0.3 is 5.97 Å². The Bertz CT molecular complexity index is 1680. The third-order valence-corrected chi connectivity index (χ3v) is 9.62. The van der Waals surface area contributed by atoms with E-state index in [1.165, 1.54) is 0 Å². The molecule has 1 aliphatic rings. The van der Waals surface area contributed by atoms with E-state index in [4.69, 9.17) is 27.9 Å². The van der Waals surface area contributed by atoms with Gasteiger partial charge in [-0.25, -0.2) is 4.79 Å². The number of thiazole rings is 1. The number of nitrogens with one attached hydrogen (secondary N) is 1. The number of amides is 1. The fraction of sp³-hybridized carbons (Fsp3) is 0.233. The number of anilines is 2. The largest absolute Gasteiger partial charge is 0.497 e. The molecular formula is C30H29Cl2N4O4S2+. The molecule has 1 unspecified atom stereocenters. The summed E-state index contributed by atoms with van der Waals surface area (Å²) in [5.41, 5.74) is 2.55. The summed E-state index contributed by atoms with van der Waals surface area (Å²) in [5.74, 6) is -0.712. The van der Waals surface area contributed by atoms with Crippen molar-refractivity contribution in [3.05, 3.63) is 80.7 Å². The number of carbonyl (C=O) groups is 2. The summed E-state index contributed by atoms with van der Waals surface area (Å²) in [6, 6.07) is 17.6. The average Bonchev–Trinajstić information content (AvgIpc) is 3.50. The van der Waals surface area contributed by atoms with Crippen molar-refractivity contribution in [3.63, 3.8) is 0 Å². The van der Waals surface area contributed by atoms with Gasteiger partial charge in [-0.1, -0.05) is 46.3 Å². The summed E-state index contributed by atoms with van der Waals surface area (Å²) in [7, 11) is 1.56. The molecule has 4 aromatic rings. The number of carboxylic acids is 1. The first kappa shape index (κ1) is 30.0. The number of carbonyl (C=O) groups excluding carboxylic acids is 1. The van der Waals surface area contributed by atoms with Gasteiger partial charge in [-0.3, -0.25) is 10.1 Å². The first-order chi connectivity index (χ1) is 20.2. The number of rotatable bonds is 10. The van der Waals surface area contributed by atoms with Crippen molar-refractivity contribution in [2.45, 2.75) is 31.5 Å². The molecule has 1 aliphatic heterocycles. The lowest BCUT2D eigenvalue weighted by atomic mass is 10.2. The van der Waals surface area contributed by atoms with Crippen LogP contribution in [0.4, 0.5) is 11.4 Å². The van der Waals surface area contributed by atoms with E-state index in [-0.39, 0.29) is 19.1 Å². The molecule has 12 heteroatoms. The second-order valence-corrected chi connectivity index (χ2v) is 12.5. The van der Waals surface area contributed by atoms with Crippen LogP contribution in [0.2, 0.25) is 10.0 Å². The van der Waals surface area contributed by atoms with Crippen LogP contribution in [0.1, 0.15) is 18.9 Å². The third-order valence-electron chi connectivity index (χ3n) is 6.93. The quantitative estimate of drug-likeness (QED) is 0.191. The summed E-state index contributed by atoms with van der Waals surface area (Å²) >= 11 is 15.9. The normalized spacial score (nSPS) is 14.2. The smallest absolute Gasteiger partial charge is 0.326 e. The number of carboxylic acid groups (broad SMARTS) is 1. The van der Waals surface area contributed by atoms with Crippen LogP contribution < -0.4 is 24.4 Å². The molecule has 5 rings (SSSR count). The Hall–Kier alpha value is -3.44. The van der Waals surface area contributed by atoms with E-state index in [1.807, 2.05) is 41.0 Å². The van der Waals surface area contributed by atoms with Gasteiger partial charge in [0.05, 0.1) is 30.4 Å². The molecule has 0 bridgehead atoms. The van der Waals surface area contributed by atoms with Crippen LogP contribution >= 0.6 is 46.3 Å². The fourth-order valence-corrected chi connectivity index (χ4v) is 7.32. The van der Waals surface area contributed by atoms with Gasteiger partial charge in [-0.15, -0.1) is 0 Å². The second kappa shape index (κ2) is 12.8. The minimum Gasteiger partial charge on any atom is -0.497 e. The molecular weight excluding hydrogens is 615 g/mol. The van der Waals surface area contributed by atoms with Crippen molar-refractivity contribution in [1.29, 1.82) is 0 Å². The Morgan fingerprint density at radius 1 is 1.12 bits per heavy atom. The number of aromatic nitrogens is 1. The predicted molar refractivity (Wildman–Crippen MR) is 171 cm³/mol. The van der Waals surface area contributed by atoms with Crippen LogP contribution in [0.15, 0.2) is 70.6 Å². The minimum atomic E-state index is -1.03. The van der Waals surface area contributed by atoms with Crippen LogP contribution in [0.25, 0.3) is 16.3 Å². The number of hydrogen-bond acceptors (Lipinski definition) is 7. The number of ether oxygens (including phenoxy) is 1. The van der Waals surface area contributed by atoms with Crippen LogP contribution in [0, 0.1) is 0 Å². The maximum atomic E-state index is 13.3. The van der Waals surface area contributed by atoms with E-state index in [2.05, 4.69) is 23.2 Å². The number of methoxy groups -OCH3 is 1. The minimum absolute atomic E-state index is 0.144. The molecule has 1 atom stereocenters. The molecule has 1 aromatic heterocycles. The number of hydrogen-bond donors (Lipinski definition) is 2. The third kappa shape index (κ3) is 6.32. The summed E-state index contributed by atoms with van der Waals surface area (Å²) in [6.45, 7) is 4.44. The maximum absolute atomic E-state index is 13.3. The van der Waals surface area contributed by atoms with Crippen LogP contribution in [0.3, 0.4) is 0 Å². The molecule has 2 N–H and O–H groups in total. The van der Waals surface area contributed by atoms with Crippen LogP contribution in [-0.4, -0.2) is 43.2 Å². The van der Waals surface area contributed by atoms with Crippen molar-refractivity contribution >= 4 is 85.8 Å². The van der Waals surface area contributed by atoms with Crippen molar-refractivity contribution in [2.24, 2.45) is 0 Å². The molecule has 0 fully saturated rings. The molecule has 0 radical (unpaired) electrons. The highest BCUT2D eigenvalue weighted by molar-refractivity contribution is 8.03. The topological polar surface area (TPSA) is 86.0 Å². The van der Waals surface area contributed by atoms with E-state index in [9.17, 15) is 14.7 Å². The zero-order valence-corrected chi connectivity index (χ0v) is 26.3. The summed E-state index contributed by atoms with van der Waals surface area (Å²) < 4.78 is 8.25. The van der Waals surface area contributed by atoms with E-state index in [0.717, 1.165) is 37.4 Å². The molecule has 1 amide bonds. The summed E-state index contributed by atoms with van der Waals surface area (Å²) in [4.78, 5) is 30.0. The van der Waals surface area contributed by atoms with Crippen molar-refractivity contribution < 1.29 is 24.0 Å². The lowest BCUT2D eigenvalue weighted by Gasteiger charge is -2.28. The highest BCUT2D eigenvalue weighted by Crippen LogP contribution is 2.47. The van der Waals surface area contributed by atoms with E-state index in [0.29, 0.717) is 21.5 Å². The maximum Gasteiger partial charge on any atom is 0.326 e. The van der Waals surface area contributed by atoms with Crippen LogP contribution in [0.5, 0.6) is 5.75 Å². The molecule has 218 valence electrons. The van der Waals surface area contributed by atoms with E-state index in [1.54, 1.807) is 66.3 Å². The van der Waals surface area contributed by atoms with Gasteiger partial charge < -0.3 is 19.6 Å². The zero-order valence-electron chi connectivity index (χ0n) is 23.1. The van der Waals surface area contributed by atoms with Gasteiger partial charge in [-0.05, 0) is 68.4 Å². The molecule has 0 saturated carbocycles. The number of thioether (sulfide) groups is 1. The lowest BCUT2D eigenvalue weighted by Crippen LogP contribution is -2.50. The Balaban J connectivity index is 1.42. The van der Waals surface area contributed by atoms with Gasteiger partial charge in [0.1, 0.15) is 16.5 Å². The van der Waals surface area contributed by atoms with Crippen LogP contribution in [-0.2, 0) is 16.3 Å². The van der Waals surface area contributed by atoms with Crippen molar-refractivity contribution in [3.8, 4) is 5.75 Å². The first-order valence-electron chi connectivity index (χ1n) is 13.2. The monoisotopic (exact) mass is 643 g/mol. The second-order valence-electron chi connectivity index (χ2n) is 9.52. The molecule has 8 nitrogen and oxygen atoms in total. The Kier molecular flexibility index (Phi) is 9.17. The van der Waals surface area contributed by atoms with Crippen molar-refractivity contribution in [1.82, 2.24) is 5.32 Å². The van der Waals surface area contributed by atoms with E-state index >= 15 is 0 Å². The van der Waals surface area contributed by atoms with E-state index < -0.39 is 12.0 Å². The fourth-order valence-electron chi connectivity index (χ4n) is 4.69. The highest BCUT2D eigenvalue weighted by atomic mass is 35.5. The standard InChI is InChI=1S/C30H28Cl2N4O4S2/c1-4-34-23-13-19(31)5-11-25(23)41-28(34)15-29-36(24-14-20(32)6-12-26(24)42-29)17-33-27(37)16-35(18(2)30(38)39)21-7-9-22(40-3)10-8-21/h5-15,18H,4,16-17H2,1-3H3,(H-,33,37,38,39)/p+1.